The number of hydrogen-bond donors (Lipinski definition) is 2. The first-order valence-electron chi connectivity index (χ1n) is 8.47. The first-order valence-corrected chi connectivity index (χ1v) is 8.47. The van der Waals surface area contributed by atoms with Crippen LogP contribution in [-0.2, 0) is 6.42 Å². The molecule has 1 aromatic heterocycles. The number of rotatable bonds is 2. The molecule has 1 amide bonds. The second-order valence-corrected chi connectivity index (χ2v) is 6.74. The number of aliphatic hydroxyl groups excluding tert-OH is 1. The standard InChI is InChI=1S/C21H20N2O2/c1-12-7-8-18-15(9-12)10-17(13(2)22-18)21(25)23-20-16-6-4-3-5-14(16)11-19(20)24/h3-10,19-20,24H,11H2,1-2H3,(H,23,25)/t19-,20+/m0/s1. The average Bonchev–Trinajstić information content (AvgIpc) is 2.90. The fourth-order valence-corrected chi connectivity index (χ4v) is 3.59. The summed E-state index contributed by atoms with van der Waals surface area (Å²) in [5.41, 5.74) is 5.33. The van der Waals surface area contributed by atoms with Crippen molar-refractivity contribution in [3.05, 3.63) is 76.5 Å². The lowest BCUT2D eigenvalue weighted by Gasteiger charge is -2.18. The minimum Gasteiger partial charge on any atom is -0.390 e. The molecule has 0 saturated carbocycles. The minimum absolute atomic E-state index is 0.200. The maximum atomic E-state index is 12.8. The molecule has 0 unspecified atom stereocenters. The van der Waals surface area contributed by atoms with E-state index in [1.165, 1.54) is 0 Å². The first kappa shape index (κ1) is 15.8. The molecule has 1 aliphatic rings. The van der Waals surface area contributed by atoms with Crippen molar-refractivity contribution in [1.82, 2.24) is 10.3 Å². The van der Waals surface area contributed by atoms with Crippen LogP contribution in [0.3, 0.4) is 0 Å². The number of benzene rings is 2. The molecule has 3 aromatic rings. The van der Waals surface area contributed by atoms with Gasteiger partial charge in [-0.1, -0.05) is 35.9 Å². The molecular weight excluding hydrogens is 312 g/mol. The van der Waals surface area contributed by atoms with Gasteiger partial charge in [-0.3, -0.25) is 9.78 Å². The molecule has 1 aliphatic carbocycles. The summed E-state index contributed by atoms with van der Waals surface area (Å²) in [5, 5.41) is 14.3. The van der Waals surface area contributed by atoms with Crippen LogP contribution in [0, 0.1) is 13.8 Å². The summed E-state index contributed by atoms with van der Waals surface area (Å²) in [6.07, 6.45) is -0.0350. The predicted molar refractivity (Wildman–Crippen MR) is 97.6 cm³/mol. The molecule has 0 saturated heterocycles. The Balaban J connectivity index is 1.67. The van der Waals surface area contributed by atoms with Crippen molar-refractivity contribution in [2.24, 2.45) is 0 Å². The van der Waals surface area contributed by atoms with E-state index in [1.807, 2.05) is 62.4 Å². The van der Waals surface area contributed by atoms with E-state index in [0.29, 0.717) is 17.7 Å². The number of pyridine rings is 1. The Hall–Kier alpha value is -2.72. The maximum Gasteiger partial charge on any atom is 0.253 e. The molecule has 4 heteroatoms. The van der Waals surface area contributed by atoms with Crippen molar-refractivity contribution >= 4 is 16.8 Å². The molecule has 4 nitrogen and oxygen atoms in total. The second kappa shape index (κ2) is 5.97. The van der Waals surface area contributed by atoms with E-state index in [2.05, 4.69) is 10.3 Å². The Morgan fingerprint density at radius 2 is 1.96 bits per heavy atom. The number of aromatic nitrogens is 1. The molecule has 25 heavy (non-hydrogen) atoms. The van der Waals surface area contributed by atoms with Crippen LogP contribution < -0.4 is 5.32 Å². The Labute approximate surface area is 146 Å². The van der Waals surface area contributed by atoms with Crippen LogP contribution in [0.5, 0.6) is 0 Å². The summed E-state index contributed by atoms with van der Waals surface area (Å²) in [7, 11) is 0. The molecule has 4 rings (SSSR count). The molecule has 126 valence electrons. The zero-order valence-corrected chi connectivity index (χ0v) is 14.3. The van der Waals surface area contributed by atoms with Crippen LogP contribution in [0.15, 0.2) is 48.5 Å². The lowest BCUT2D eigenvalue weighted by molar-refractivity contribution is 0.0857. The molecule has 1 heterocycles. The third-order valence-electron chi connectivity index (χ3n) is 4.90. The van der Waals surface area contributed by atoms with Gasteiger partial charge in [0.2, 0.25) is 0 Å². The summed E-state index contributed by atoms with van der Waals surface area (Å²) < 4.78 is 0. The van der Waals surface area contributed by atoms with Crippen molar-refractivity contribution in [2.45, 2.75) is 32.4 Å². The Morgan fingerprint density at radius 1 is 1.16 bits per heavy atom. The quantitative estimate of drug-likeness (QED) is 0.757. The van der Waals surface area contributed by atoms with Crippen LogP contribution in [0.25, 0.3) is 10.9 Å². The molecule has 0 radical (unpaired) electrons. The van der Waals surface area contributed by atoms with Gasteiger partial charge >= 0.3 is 0 Å². The average molecular weight is 332 g/mol. The van der Waals surface area contributed by atoms with Crippen LogP contribution in [0.4, 0.5) is 0 Å². The minimum atomic E-state index is -0.600. The van der Waals surface area contributed by atoms with E-state index in [4.69, 9.17) is 0 Å². The molecular formula is C21H20N2O2. The van der Waals surface area contributed by atoms with Crippen LogP contribution >= 0.6 is 0 Å². The number of nitrogens with one attached hydrogen (secondary N) is 1. The summed E-state index contributed by atoms with van der Waals surface area (Å²) in [5.74, 6) is -0.200. The predicted octanol–water partition coefficient (Wildman–Crippen LogP) is 3.24. The summed E-state index contributed by atoms with van der Waals surface area (Å²) in [6.45, 7) is 3.86. The molecule has 0 aliphatic heterocycles. The summed E-state index contributed by atoms with van der Waals surface area (Å²) in [4.78, 5) is 17.4. The second-order valence-electron chi connectivity index (χ2n) is 6.74. The van der Waals surface area contributed by atoms with Gasteiger partial charge in [-0.05, 0) is 43.2 Å². The number of fused-ring (bicyclic) bond motifs is 2. The van der Waals surface area contributed by atoms with E-state index in [1.54, 1.807) is 0 Å². The molecule has 0 spiro atoms. The SMILES string of the molecule is Cc1ccc2nc(C)c(C(=O)N[C@@H]3c4ccccc4C[C@@H]3O)cc2c1. The number of hydrogen-bond acceptors (Lipinski definition) is 3. The van der Waals surface area contributed by atoms with E-state index in [-0.39, 0.29) is 11.9 Å². The van der Waals surface area contributed by atoms with Crippen molar-refractivity contribution in [3.63, 3.8) is 0 Å². The highest BCUT2D eigenvalue weighted by atomic mass is 16.3. The number of carbonyl (C=O) groups is 1. The zero-order chi connectivity index (χ0) is 17.6. The van der Waals surface area contributed by atoms with E-state index < -0.39 is 6.10 Å². The third kappa shape index (κ3) is 2.79. The lowest BCUT2D eigenvalue weighted by atomic mass is 10.0. The summed E-state index contributed by atoms with van der Waals surface area (Å²) >= 11 is 0. The zero-order valence-electron chi connectivity index (χ0n) is 14.3. The summed E-state index contributed by atoms with van der Waals surface area (Å²) in [6, 6.07) is 15.4. The molecule has 2 N–H and O–H groups in total. The fourth-order valence-electron chi connectivity index (χ4n) is 3.59. The topological polar surface area (TPSA) is 62.2 Å². The van der Waals surface area contributed by atoms with Gasteiger partial charge in [-0.25, -0.2) is 0 Å². The Morgan fingerprint density at radius 3 is 2.80 bits per heavy atom. The van der Waals surface area contributed by atoms with Gasteiger partial charge in [0.15, 0.2) is 0 Å². The van der Waals surface area contributed by atoms with Gasteiger partial charge < -0.3 is 10.4 Å². The van der Waals surface area contributed by atoms with Gasteiger partial charge in [-0.15, -0.1) is 0 Å². The van der Waals surface area contributed by atoms with Crippen molar-refractivity contribution in [1.29, 1.82) is 0 Å². The van der Waals surface area contributed by atoms with Crippen molar-refractivity contribution in [2.75, 3.05) is 0 Å². The molecule has 0 fully saturated rings. The molecule has 0 bridgehead atoms. The highest BCUT2D eigenvalue weighted by Crippen LogP contribution is 2.31. The molecule has 2 aromatic carbocycles. The first-order chi connectivity index (χ1) is 12.0. The number of aliphatic hydroxyl groups is 1. The van der Waals surface area contributed by atoms with Crippen LogP contribution in [0.2, 0.25) is 0 Å². The highest BCUT2D eigenvalue weighted by Gasteiger charge is 2.32. The van der Waals surface area contributed by atoms with E-state index >= 15 is 0 Å². The van der Waals surface area contributed by atoms with Crippen molar-refractivity contribution < 1.29 is 9.90 Å². The highest BCUT2D eigenvalue weighted by molar-refractivity contribution is 5.99. The van der Waals surface area contributed by atoms with Gasteiger partial charge in [0.1, 0.15) is 0 Å². The van der Waals surface area contributed by atoms with Gasteiger partial charge in [0.05, 0.1) is 28.9 Å². The van der Waals surface area contributed by atoms with Gasteiger partial charge in [0.25, 0.3) is 5.91 Å². The van der Waals surface area contributed by atoms with Gasteiger partial charge in [-0.2, -0.15) is 0 Å². The molecule has 2 atom stereocenters. The van der Waals surface area contributed by atoms with E-state index in [0.717, 1.165) is 27.6 Å². The number of amides is 1. The number of carbonyl (C=O) groups excluding carboxylic acids is 1. The smallest absolute Gasteiger partial charge is 0.253 e. The van der Waals surface area contributed by atoms with Crippen LogP contribution in [0.1, 0.15) is 38.8 Å². The van der Waals surface area contributed by atoms with Crippen molar-refractivity contribution in [3.8, 4) is 0 Å². The fraction of sp³-hybridized carbons (Fsp3) is 0.238. The Bertz CT molecular complexity index is 981. The van der Waals surface area contributed by atoms with Crippen LogP contribution in [-0.4, -0.2) is 22.1 Å². The largest absolute Gasteiger partial charge is 0.390 e. The normalized spacial score (nSPS) is 19.0. The maximum absolute atomic E-state index is 12.8. The monoisotopic (exact) mass is 332 g/mol. The van der Waals surface area contributed by atoms with E-state index in [9.17, 15) is 9.90 Å². The third-order valence-corrected chi connectivity index (χ3v) is 4.90. The number of aryl methyl sites for hydroxylation is 2. The lowest BCUT2D eigenvalue weighted by Crippen LogP contribution is -2.34. The number of nitrogens with zero attached hydrogens (tertiary/aromatic N) is 1. The van der Waals surface area contributed by atoms with Gasteiger partial charge in [0, 0.05) is 11.8 Å². The Kier molecular flexibility index (Phi) is 3.77.